The molecular weight excluding hydrogens is 406 g/mol. The highest BCUT2D eigenvalue weighted by Crippen LogP contribution is 2.25. The number of nitro groups is 2. The predicted molar refractivity (Wildman–Crippen MR) is 111 cm³/mol. The van der Waals surface area contributed by atoms with E-state index < -0.39 is 27.1 Å². The Kier molecular flexibility index (Phi) is 5.60. The second-order valence-corrected chi connectivity index (χ2v) is 7.48. The molecule has 4 rings (SSSR count). The molecule has 0 N–H and O–H groups in total. The smallest absolute Gasteiger partial charge is 0.277 e. The van der Waals surface area contributed by atoms with E-state index in [2.05, 4.69) is 15.1 Å². The molecule has 1 aromatic heterocycles. The van der Waals surface area contributed by atoms with Gasteiger partial charge in [-0.3, -0.25) is 25.0 Å². The van der Waals surface area contributed by atoms with Crippen LogP contribution >= 0.6 is 0 Å². The molecular formula is C19H21N7O5. The lowest BCUT2D eigenvalue weighted by Gasteiger charge is -2.35. The fourth-order valence-corrected chi connectivity index (χ4v) is 3.85. The molecule has 1 amide bonds. The van der Waals surface area contributed by atoms with Crippen molar-refractivity contribution in [1.29, 1.82) is 0 Å². The quantitative estimate of drug-likeness (QED) is 0.516. The highest BCUT2D eigenvalue weighted by atomic mass is 16.6. The van der Waals surface area contributed by atoms with E-state index >= 15 is 0 Å². The Morgan fingerprint density at radius 1 is 0.774 bits per heavy atom. The molecule has 0 radical (unpaired) electrons. The average molecular weight is 427 g/mol. The van der Waals surface area contributed by atoms with E-state index in [0.717, 1.165) is 55.8 Å². The Labute approximate surface area is 177 Å². The van der Waals surface area contributed by atoms with Crippen LogP contribution in [0.4, 0.5) is 23.0 Å². The monoisotopic (exact) mass is 427 g/mol. The summed E-state index contributed by atoms with van der Waals surface area (Å²) in [6.45, 7) is 3.74. The van der Waals surface area contributed by atoms with Crippen molar-refractivity contribution in [2.45, 2.75) is 12.8 Å². The number of carbonyl (C=O) groups excluding carboxylic acids is 1. The van der Waals surface area contributed by atoms with Crippen LogP contribution in [0, 0.1) is 20.2 Å². The van der Waals surface area contributed by atoms with Gasteiger partial charge in [-0.25, -0.2) is 0 Å². The normalized spacial score (nSPS) is 16.5. The van der Waals surface area contributed by atoms with Crippen molar-refractivity contribution in [2.24, 2.45) is 0 Å². The maximum absolute atomic E-state index is 12.8. The number of hydrogen-bond acceptors (Lipinski definition) is 9. The summed E-state index contributed by atoms with van der Waals surface area (Å²) in [5, 5.41) is 30.8. The van der Waals surface area contributed by atoms with Crippen LogP contribution in [0.15, 0.2) is 30.3 Å². The fourth-order valence-electron chi connectivity index (χ4n) is 3.85. The van der Waals surface area contributed by atoms with Crippen molar-refractivity contribution in [2.75, 3.05) is 49.1 Å². The molecule has 0 bridgehead atoms. The summed E-state index contributed by atoms with van der Waals surface area (Å²) in [7, 11) is 0. The number of piperazine rings is 1. The number of benzene rings is 1. The van der Waals surface area contributed by atoms with E-state index in [1.54, 1.807) is 0 Å². The molecule has 0 unspecified atom stereocenters. The van der Waals surface area contributed by atoms with E-state index in [-0.39, 0.29) is 5.56 Å². The number of anilines is 2. The molecule has 1 aromatic carbocycles. The van der Waals surface area contributed by atoms with Gasteiger partial charge in [-0.15, -0.1) is 10.2 Å². The molecule has 2 saturated heterocycles. The van der Waals surface area contributed by atoms with Crippen molar-refractivity contribution in [1.82, 2.24) is 15.1 Å². The largest absolute Gasteiger partial charge is 0.355 e. The topological polar surface area (TPSA) is 139 Å². The lowest BCUT2D eigenvalue weighted by atomic mass is 10.1. The number of nitro benzene ring substituents is 2. The van der Waals surface area contributed by atoms with Crippen LogP contribution in [0.5, 0.6) is 0 Å². The number of nitrogens with zero attached hydrogens (tertiary/aromatic N) is 7. The molecule has 12 nitrogen and oxygen atoms in total. The van der Waals surface area contributed by atoms with Gasteiger partial charge >= 0.3 is 0 Å². The number of non-ortho nitro benzene ring substituents is 2. The zero-order valence-corrected chi connectivity index (χ0v) is 16.7. The molecule has 2 aliphatic heterocycles. The van der Waals surface area contributed by atoms with Gasteiger partial charge < -0.3 is 14.7 Å². The summed E-state index contributed by atoms with van der Waals surface area (Å²) in [5.41, 5.74) is -1.03. The minimum atomic E-state index is -0.744. The zero-order chi connectivity index (χ0) is 22.0. The Hall–Kier alpha value is -3.83. The second-order valence-electron chi connectivity index (χ2n) is 7.48. The third kappa shape index (κ3) is 4.37. The molecule has 2 aromatic rings. The summed E-state index contributed by atoms with van der Waals surface area (Å²) in [6, 6.07) is 6.86. The number of amides is 1. The minimum absolute atomic E-state index is 0.0656. The Balaban J connectivity index is 1.42. The zero-order valence-electron chi connectivity index (χ0n) is 16.7. The van der Waals surface area contributed by atoms with Crippen LogP contribution < -0.4 is 9.80 Å². The lowest BCUT2D eigenvalue weighted by Crippen LogP contribution is -2.49. The first-order valence-electron chi connectivity index (χ1n) is 9.99. The first-order chi connectivity index (χ1) is 14.9. The Bertz CT molecular complexity index is 967. The van der Waals surface area contributed by atoms with Crippen LogP contribution in [0.3, 0.4) is 0 Å². The van der Waals surface area contributed by atoms with E-state index in [0.29, 0.717) is 26.2 Å². The summed E-state index contributed by atoms with van der Waals surface area (Å²) < 4.78 is 0. The van der Waals surface area contributed by atoms with E-state index in [1.807, 2.05) is 17.0 Å². The van der Waals surface area contributed by atoms with Crippen molar-refractivity contribution >= 4 is 28.9 Å². The van der Waals surface area contributed by atoms with Crippen molar-refractivity contribution < 1.29 is 14.6 Å². The maximum atomic E-state index is 12.8. The average Bonchev–Trinajstić information content (AvgIpc) is 3.33. The number of carbonyl (C=O) groups is 1. The van der Waals surface area contributed by atoms with Crippen LogP contribution in [0.2, 0.25) is 0 Å². The summed E-state index contributed by atoms with van der Waals surface area (Å²) in [5.74, 6) is 1.12. The van der Waals surface area contributed by atoms with Crippen molar-refractivity contribution in [3.63, 3.8) is 0 Å². The van der Waals surface area contributed by atoms with Gasteiger partial charge in [-0.2, -0.15) is 0 Å². The van der Waals surface area contributed by atoms with Gasteiger partial charge in [0.25, 0.3) is 17.3 Å². The summed E-state index contributed by atoms with van der Waals surface area (Å²) in [4.78, 5) is 39.2. The fraction of sp³-hybridized carbons (Fsp3) is 0.421. The molecule has 0 aliphatic carbocycles. The lowest BCUT2D eigenvalue weighted by molar-refractivity contribution is -0.394. The maximum Gasteiger partial charge on any atom is 0.277 e. The molecule has 31 heavy (non-hydrogen) atoms. The first-order valence-corrected chi connectivity index (χ1v) is 9.99. The third-order valence-electron chi connectivity index (χ3n) is 5.53. The molecule has 162 valence electrons. The first kappa shape index (κ1) is 20.4. The van der Waals surface area contributed by atoms with E-state index in [4.69, 9.17) is 0 Å². The third-order valence-corrected chi connectivity index (χ3v) is 5.53. The van der Waals surface area contributed by atoms with Crippen LogP contribution in [0.25, 0.3) is 0 Å². The molecule has 0 saturated carbocycles. The van der Waals surface area contributed by atoms with Gasteiger partial charge in [0.2, 0.25) is 0 Å². The van der Waals surface area contributed by atoms with Crippen LogP contribution in [-0.2, 0) is 0 Å². The number of hydrogen-bond donors (Lipinski definition) is 0. The van der Waals surface area contributed by atoms with E-state index in [1.165, 1.54) is 4.90 Å². The van der Waals surface area contributed by atoms with Gasteiger partial charge in [0.15, 0.2) is 11.6 Å². The highest BCUT2D eigenvalue weighted by molar-refractivity contribution is 5.95. The SMILES string of the molecule is O=C(c1cc([N+](=O)[O-])cc([N+](=O)[O-])c1)N1CCN(c2ccc(N3CCCC3)nn2)CC1. The number of aromatic nitrogens is 2. The van der Waals surface area contributed by atoms with Crippen molar-refractivity contribution in [3.8, 4) is 0 Å². The molecule has 3 heterocycles. The molecule has 12 heteroatoms. The standard InChI is InChI=1S/C19H21N7O5/c27-19(14-11-15(25(28)29)13-16(12-14)26(30)31)24-9-7-23(8-10-24)18-4-3-17(20-21-18)22-5-1-2-6-22/h3-4,11-13H,1-2,5-10H2. The van der Waals surface area contributed by atoms with Crippen molar-refractivity contribution in [3.05, 3.63) is 56.1 Å². The predicted octanol–water partition coefficient (Wildman–Crippen LogP) is 1.86. The van der Waals surface area contributed by atoms with Gasteiger partial charge in [-0.05, 0) is 25.0 Å². The van der Waals surface area contributed by atoms with Crippen LogP contribution in [-0.4, -0.2) is 70.1 Å². The number of rotatable bonds is 5. The van der Waals surface area contributed by atoms with Gasteiger partial charge in [-0.1, -0.05) is 0 Å². The Morgan fingerprint density at radius 2 is 1.26 bits per heavy atom. The van der Waals surface area contributed by atoms with Gasteiger partial charge in [0, 0.05) is 51.4 Å². The van der Waals surface area contributed by atoms with Gasteiger partial charge in [0.05, 0.1) is 21.5 Å². The van der Waals surface area contributed by atoms with E-state index in [9.17, 15) is 25.0 Å². The second kappa shape index (κ2) is 8.50. The van der Waals surface area contributed by atoms with Gasteiger partial charge in [0.1, 0.15) is 0 Å². The minimum Gasteiger partial charge on any atom is -0.355 e. The Morgan fingerprint density at radius 3 is 1.71 bits per heavy atom. The highest BCUT2D eigenvalue weighted by Gasteiger charge is 2.27. The summed E-state index contributed by atoms with van der Waals surface area (Å²) in [6.07, 6.45) is 2.32. The molecule has 0 spiro atoms. The van der Waals surface area contributed by atoms with Crippen LogP contribution in [0.1, 0.15) is 23.2 Å². The molecule has 2 fully saturated rings. The summed E-state index contributed by atoms with van der Waals surface area (Å²) >= 11 is 0. The molecule has 2 aliphatic rings. The molecule has 0 atom stereocenters.